The Bertz CT molecular complexity index is 1230. The molecule has 0 aliphatic heterocycles. The number of ether oxygens (including phenoxy) is 3. The van der Waals surface area contributed by atoms with Crippen LogP contribution in [0.15, 0.2) is 72.9 Å². The number of carbonyl (C=O) groups excluding carboxylic acids is 3. The molecule has 0 rings (SSSR count). The van der Waals surface area contributed by atoms with E-state index in [2.05, 4.69) is 93.7 Å². The van der Waals surface area contributed by atoms with Gasteiger partial charge in [-0.1, -0.05) is 229 Å². The summed E-state index contributed by atoms with van der Waals surface area (Å²) >= 11 is 0. The second-order valence-electron chi connectivity index (χ2n) is 18.1. The zero-order valence-electron chi connectivity index (χ0n) is 42.7. The van der Waals surface area contributed by atoms with Gasteiger partial charge in [0.25, 0.3) is 0 Å². The summed E-state index contributed by atoms with van der Waals surface area (Å²) in [6.07, 6.45) is 67.4. The lowest BCUT2D eigenvalue weighted by atomic mass is 10.0. The van der Waals surface area contributed by atoms with Crippen LogP contribution in [0.4, 0.5) is 0 Å². The van der Waals surface area contributed by atoms with E-state index in [1.165, 1.54) is 103 Å². The predicted molar refractivity (Wildman–Crippen MR) is 279 cm³/mol. The van der Waals surface area contributed by atoms with Gasteiger partial charge in [-0.25, -0.2) is 0 Å². The first kappa shape index (κ1) is 61.9. The van der Waals surface area contributed by atoms with Crippen LogP contribution in [0, 0.1) is 0 Å². The van der Waals surface area contributed by atoms with Crippen LogP contribution in [0.2, 0.25) is 0 Å². The van der Waals surface area contributed by atoms with Crippen molar-refractivity contribution in [3.8, 4) is 0 Å². The lowest BCUT2D eigenvalue weighted by Crippen LogP contribution is -2.30. The van der Waals surface area contributed by atoms with E-state index in [1.807, 2.05) is 0 Å². The lowest BCUT2D eigenvalue weighted by molar-refractivity contribution is -0.167. The Morgan fingerprint density at radius 1 is 0.323 bits per heavy atom. The van der Waals surface area contributed by atoms with Crippen molar-refractivity contribution >= 4 is 17.9 Å². The van der Waals surface area contributed by atoms with E-state index in [1.54, 1.807) is 0 Å². The average molecular weight is 907 g/mol. The number of rotatable bonds is 49. The van der Waals surface area contributed by atoms with E-state index in [9.17, 15) is 14.4 Å². The molecule has 0 saturated carbocycles. The maximum absolute atomic E-state index is 12.8. The first-order valence-electron chi connectivity index (χ1n) is 27.4. The van der Waals surface area contributed by atoms with Gasteiger partial charge >= 0.3 is 17.9 Å². The molecule has 0 heterocycles. The summed E-state index contributed by atoms with van der Waals surface area (Å²) < 4.78 is 16.8. The third-order valence-corrected chi connectivity index (χ3v) is 11.7. The topological polar surface area (TPSA) is 78.9 Å². The van der Waals surface area contributed by atoms with Gasteiger partial charge in [-0.2, -0.15) is 0 Å². The van der Waals surface area contributed by atoms with Crippen molar-refractivity contribution in [2.75, 3.05) is 13.2 Å². The zero-order valence-corrected chi connectivity index (χ0v) is 42.7. The summed E-state index contributed by atoms with van der Waals surface area (Å²) in [5.74, 6) is -0.919. The Morgan fingerprint density at radius 2 is 0.600 bits per heavy atom. The Balaban J connectivity index is 4.44. The van der Waals surface area contributed by atoms with E-state index >= 15 is 0 Å². The fourth-order valence-electron chi connectivity index (χ4n) is 7.58. The maximum atomic E-state index is 12.8. The monoisotopic (exact) mass is 907 g/mol. The molecule has 0 aliphatic carbocycles. The average Bonchev–Trinajstić information content (AvgIpc) is 3.30. The molecule has 0 unspecified atom stereocenters. The van der Waals surface area contributed by atoms with Crippen LogP contribution in [0.3, 0.4) is 0 Å². The van der Waals surface area contributed by atoms with E-state index < -0.39 is 6.10 Å². The second-order valence-corrected chi connectivity index (χ2v) is 18.1. The van der Waals surface area contributed by atoms with Crippen LogP contribution >= 0.6 is 0 Å². The summed E-state index contributed by atoms with van der Waals surface area (Å²) in [7, 11) is 0. The van der Waals surface area contributed by atoms with Gasteiger partial charge < -0.3 is 14.2 Å². The quantitative estimate of drug-likeness (QED) is 0.0262. The normalized spacial score (nSPS) is 12.6. The lowest BCUT2D eigenvalue weighted by Gasteiger charge is -2.18. The molecular weight excluding hydrogens is 805 g/mol. The molecular formula is C59H102O6. The van der Waals surface area contributed by atoms with Crippen LogP contribution in [0.5, 0.6) is 0 Å². The molecule has 0 N–H and O–H groups in total. The van der Waals surface area contributed by atoms with Crippen molar-refractivity contribution in [2.45, 2.75) is 271 Å². The minimum absolute atomic E-state index is 0.0872. The van der Waals surface area contributed by atoms with Gasteiger partial charge in [0.1, 0.15) is 13.2 Å². The van der Waals surface area contributed by atoms with Gasteiger partial charge in [-0.05, 0) is 89.9 Å². The molecule has 0 aromatic carbocycles. The Kier molecular flexibility index (Phi) is 50.9. The van der Waals surface area contributed by atoms with E-state index in [4.69, 9.17) is 14.2 Å². The Hall–Kier alpha value is -3.15. The summed E-state index contributed by atoms with van der Waals surface area (Å²) in [4.78, 5) is 38.1. The van der Waals surface area contributed by atoms with Crippen LogP contribution in [0.1, 0.15) is 265 Å². The van der Waals surface area contributed by atoms with Gasteiger partial charge in [0.05, 0.1) is 0 Å². The van der Waals surface area contributed by atoms with Gasteiger partial charge in [-0.15, -0.1) is 0 Å². The molecule has 0 aromatic heterocycles. The second kappa shape index (κ2) is 53.5. The minimum atomic E-state index is -0.791. The highest BCUT2D eigenvalue weighted by atomic mass is 16.6. The smallest absolute Gasteiger partial charge is 0.306 e. The fraction of sp³-hybridized carbons (Fsp3) is 0.746. The molecule has 1 atom stereocenters. The minimum Gasteiger partial charge on any atom is -0.462 e. The third-order valence-electron chi connectivity index (χ3n) is 11.7. The van der Waals surface area contributed by atoms with Gasteiger partial charge in [0, 0.05) is 19.3 Å². The molecule has 0 saturated heterocycles. The maximum Gasteiger partial charge on any atom is 0.306 e. The standard InChI is InChI=1S/C59H102O6/c1-4-7-10-13-16-19-22-25-28-29-32-34-37-40-43-46-49-52-58(61)64-55-56(65-59(62)53-50-47-44-41-38-35-31-27-24-21-18-15-12-9-6-3)54-63-57(60)51-48-45-42-39-36-33-30-26-23-20-17-14-11-8-5-2/h7,10,16,18-19,21,25,27-28,31-32,34,56H,4-6,8-9,11-15,17,20,22-24,26,29-30,33,35-55H2,1-3H3/b10-7-,19-16-,21-18-,28-25-,31-27-,34-32-/t56-/m0/s1. The highest BCUT2D eigenvalue weighted by molar-refractivity contribution is 5.71. The first-order chi connectivity index (χ1) is 32.0. The van der Waals surface area contributed by atoms with E-state index in [0.29, 0.717) is 19.3 Å². The number of hydrogen-bond donors (Lipinski definition) is 0. The number of carbonyl (C=O) groups is 3. The summed E-state index contributed by atoms with van der Waals surface area (Å²) in [6.45, 7) is 6.48. The number of esters is 3. The van der Waals surface area contributed by atoms with Crippen molar-refractivity contribution in [3.63, 3.8) is 0 Å². The summed E-state index contributed by atoms with van der Waals surface area (Å²) in [5.41, 5.74) is 0. The van der Waals surface area contributed by atoms with E-state index in [0.717, 1.165) is 122 Å². The molecule has 6 nitrogen and oxygen atoms in total. The highest BCUT2D eigenvalue weighted by Gasteiger charge is 2.19. The van der Waals surface area contributed by atoms with Gasteiger partial charge in [0.2, 0.25) is 0 Å². The van der Waals surface area contributed by atoms with Crippen LogP contribution in [-0.4, -0.2) is 37.2 Å². The van der Waals surface area contributed by atoms with Crippen molar-refractivity contribution in [2.24, 2.45) is 0 Å². The third kappa shape index (κ3) is 51.7. The zero-order chi connectivity index (χ0) is 47.2. The van der Waals surface area contributed by atoms with Gasteiger partial charge in [-0.3, -0.25) is 14.4 Å². The molecule has 0 fully saturated rings. The molecule has 0 bridgehead atoms. The van der Waals surface area contributed by atoms with Crippen LogP contribution in [0.25, 0.3) is 0 Å². The van der Waals surface area contributed by atoms with Crippen molar-refractivity contribution in [3.05, 3.63) is 72.9 Å². The van der Waals surface area contributed by atoms with Crippen molar-refractivity contribution in [1.82, 2.24) is 0 Å². The molecule has 374 valence electrons. The molecule has 0 amide bonds. The Morgan fingerprint density at radius 3 is 0.969 bits per heavy atom. The highest BCUT2D eigenvalue weighted by Crippen LogP contribution is 2.15. The molecule has 65 heavy (non-hydrogen) atoms. The summed E-state index contributed by atoms with van der Waals surface area (Å²) in [6, 6.07) is 0. The van der Waals surface area contributed by atoms with Crippen molar-refractivity contribution in [1.29, 1.82) is 0 Å². The van der Waals surface area contributed by atoms with Crippen LogP contribution in [-0.2, 0) is 28.6 Å². The predicted octanol–water partition coefficient (Wildman–Crippen LogP) is 18.2. The number of unbranched alkanes of at least 4 members (excludes halogenated alkanes) is 26. The Labute approximate surface area is 402 Å². The number of allylic oxidation sites excluding steroid dienone is 12. The molecule has 0 radical (unpaired) electrons. The fourth-order valence-corrected chi connectivity index (χ4v) is 7.58. The van der Waals surface area contributed by atoms with E-state index in [-0.39, 0.29) is 31.1 Å². The molecule has 0 aromatic rings. The van der Waals surface area contributed by atoms with Gasteiger partial charge in [0.15, 0.2) is 6.10 Å². The summed E-state index contributed by atoms with van der Waals surface area (Å²) in [5, 5.41) is 0. The number of hydrogen-bond acceptors (Lipinski definition) is 6. The van der Waals surface area contributed by atoms with Crippen molar-refractivity contribution < 1.29 is 28.6 Å². The SMILES string of the molecule is CC/C=C\C/C=C\C/C=C\C/C=C\CCCCCCC(=O)OC[C@H](COC(=O)CCCCCCCCCCCCCCCCC)OC(=O)CCCCCCC/C=C\C/C=C\CCCCC. The molecule has 0 aliphatic rings. The van der Waals surface area contributed by atoms with Crippen LogP contribution < -0.4 is 0 Å². The first-order valence-corrected chi connectivity index (χ1v) is 27.4. The molecule has 6 heteroatoms. The largest absolute Gasteiger partial charge is 0.462 e. The molecule has 0 spiro atoms.